The number of anilines is 1. The van der Waals surface area contributed by atoms with E-state index in [1.165, 1.54) is 19.5 Å². The minimum absolute atomic E-state index is 0.269. The minimum Gasteiger partial charge on any atom is -0.481 e. The summed E-state index contributed by atoms with van der Waals surface area (Å²) in [5.74, 6) is 0.168. The molecule has 0 fully saturated rings. The lowest BCUT2D eigenvalue weighted by Gasteiger charge is -2.05. The topological polar surface area (TPSA) is 77.0 Å². The smallest absolute Gasteiger partial charge is 0.275 e. The molecule has 1 N–H and O–H groups in total. The van der Waals surface area contributed by atoms with E-state index in [2.05, 4.69) is 20.3 Å². The van der Waals surface area contributed by atoms with Crippen molar-refractivity contribution >= 4 is 11.6 Å². The molecule has 6 heteroatoms. The van der Waals surface area contributed by atoms with Gasteiger partial charge in [0, 0.05) is 12.3 Å². The molecule has 0 saturated heterocycles. The lowest BCUT2D eigenvalue weighted by Crippen LogP contribution is -2.14. The lowest BCUT2D eigenvalue weighted by molar-refractivity contribution is 0.102. The molecule has 2 rings (SSSR count). The van der Waals surface area contributed by atoms with Gasteiger partial charge in [0.05, 0.1) is 30.9 Å². The first-order chi connectivity index (χ1) is 8.69. The molecule has 2 aromatic rings. The molecule has 2 heterocycles. The van der Waals surface area contributed by atoms with Gasteiger partial charge in [-0.25, -0.2) is 9.97 Å². The predicted octanol–water partition coefficient (Wildman–Crippen LogP) is 1.44. The third-order valence-electron chi connectivity index (χ3n) is 2.19. The van der Waals surface area contributed by atoms with Crippen LogP contribution in [0.2, 0.25) is 0 Å². The van der Waals surface area contributed by atoms with Gasteiger partial charge in [-0.15, -0.1) is 0 Å². The fourth-order valence-corrected chi connectivity index (χ4v) is 1.34. The predicted molar refractivity (Wildman–Crippen MR) is 65.5 cm³/mol. The van der Waals surface area contributed by atoms with Crippen LogP contribution < -0.4 is 10.1 Å². The van der Waals surface area contributed by atoms with Crippen LogP contribution in [0.25, 0.3) is 0 Å². The number of methoxy groups -OCH3 is 1. The van der Waals surface area contributed by atoms with E-state index < -0.39 is 0 Å². The Bertz CT molecular complexity index is 554. The molecule has 0 aliphatic carbocycles. The second-order valence-electron chi connectivity index (χ2n) is 3.59. The van der Waals surface area contributed by atoms with Gasteiger partial charge in [-0.1, -0.05) is 0 Å². The molecule has 6 nitrogen and oxygen atoms in total. The fraction of sp³-hybridized carbons (Fsp3) is 0.167. The Hall–Kier alpha value is -2.50. The maximum atomic E-state index is 11.8. The summed E-state index contributed by atoms with van der Waals surface area (Å²) in [5.41, 5.74) is 1.53. The Balaban J connectivity index is 2.11. The first-order valence-electron chi connectivity index (χ1n) is 5.29. The molecule has 1 amide bonds. The van der Waals surface area contributed by atoms with E-state index in [1.807, 2.05) is 0 Å². The molecule has 0 aliphatic heterocycles. The second-order valence-corrected chi connectivity index (χ2v) is 3.59. The number of amides is 1. The van der Waals surface area contributed by atoms with Crippen LogP contribution in [0.3, 0.4) is 0 Å². The number of aromatic nitrogens is 3. The number of carbonyl (C=O) groups is 1. The number of hydrogen-bond donors (Lipinski definition) is 1. The zero-order chi connectivity index (χ0) is 13.0. The van der Waals surface area contributed by atoms with Crippen LogP contribution in [0.15, 0.2) is 30.7 Å². The summed E-state index contributed by atoms with van der Waals surface area (Å²) in [7, 11) is 1.53. The minimum atomic E-state index is -0.321. The number of ether oxygens (including phenoxy) is 1. The summed E-state index contributed by atoms with van der Waals surface area (Å²) in [5, 5.41) is 2.68. The summed E-state index contributed by atoms with van der Waals surface area (Å²) in [4.78, 5) is 23.8. The van der Waals surface area contributed by atoms with Gasteiger partial charge in [0.15, 0.2) is 0 Å². The second kappa shape index (κ2) is 5.22. The van der Waals surface area contributed by atoms with E-state index in [0.717, 1.165) is 0 Å². The molecule has 0 saturated carbocycles. The standard InChI is InChI=1S/C12H12N4O2/c1-8-5-13-7-10(15-8)12(17)16-9-3-4-11(18-2)14-6-9/h3-7H,1-2H3,(H,16,17). The lowest BCUT2D eigenvalue weighted by atomic mass is 10.3. The molecule has 0 radical (unpaired) electrons. The maximum absolute atomic E-state index is 11.8. The Morgan fingerprint density at radius 3 is 2.72 bits per heavy atom. The maximum Gasteiger partial charge on any atom is 0.275 e. The van der Waals surface area contributed by atoms with Gasteiger partial charge in [0.1, 0.15) is 5.69 Å². The SMILES string of the molecule is COc1ccc(NC(=O)c2cncc(C)n2)cn1. The van der Waals surface area contributed by atoms with E-state index >= 15 is 0 Å². The zero-order valence-electron chi connectivity index (χ0n) is 10.0. The number of aryl methyl sites for hydroxylation is 1. The number of pyridine rings is 1. The molecule has 2 aromatic heterocycles. The zero-order valence-corrected chi connectivity index (χ0v) is 10.0. The van der Waals surface area contributed by atoms with E-state index in [1.54, 1.807) is 25.3 Å². The van der Waals surface area contributed by atoms with Gasteiger partial charge >= 0.3 is 0 Å². The van der Waals surface area contributed by atoms with Crippen molar-refractivity contribution in [3.8, 4) is 5.88 Å². The van der Waals surface area contributed by atoms with Crippen LogP contribution in [-0.4, -0.2) is 28.0 Å². The fourth-order valence-electron chi connectivity index (χ4n) is 1.34. The molecular weight excluding hydrogens is 232 g/mol. The van der Waals surface area contributed by atoms with Gasteiger partial charge in [-0.05, 0) is 13.0 Å². The quantitative estimate of drug-likeness (QED) is 0.884. The molecular formula is C12H12N4O2. The summed E-state index contributed by atoms with van der Waals surface area (Å²) in [6, 6.07) is 3.37. The number of nitrogens with zero attached hydrogens (tertiary/aromatic N) is 3. The van der Waals surface area contributed by atoms with Crippen molar-refractivity contribution in [1.82, 2.24) is 15.0 Å². The van der Waals surface area contributed by atoms with Crippen molar-refractivity contribution in [3.05, 3.63) is 42.1 Å². The van der Waals surface area contributed by atoms with Crippen LogP contribution in [0.1, 0.15) is 16.2 Å². The highest BCUT2D eigenvalue weighted by atomic mass is 16.5. The van der Waals surface area contributed by atoms with Gasteiger partial charge in [0.25, 0.3) is 5.91 Å². The van der Waals surface area contributed by atoms with Gasteiger partial charge in [-0.3, -0.25) is 9.78 Å². The van der Waals surface area contributed by atoms with Crippen LogP contribution >= 0.6 is 0 Å². The molecule has 0 atom stereocenters. The Morgan fingerprint density at radius 2 is 2.11 bits per heavy atom. The monoisotopic (exact) mass is 244 g/mol. The summed E-state index contributed by atoms with van der Waals surface area (Å²) in [6.45, 7) is 1.78. The van der Waals surface area contributed by atoms with Crippen LogP contribution in [0.5, 0.6) is 5.88 Å². The Kier molecular flexibility index (Phi) is 3.47. The largest absolute Gasteiger partial charge is 0.481 e. The highest BCUT2D eigenvalue weighted by molar-refractivity contribution is 6.02. The van der Waals surface area contributed by atoms with E-state index in [9.17, 15) is 4.79 Å². The molecule has 0 aromatic carbocycles. The van der Waals surface area contributed by atoms with Crippen molar-refractivity contribution in [2.24, 2.45) is 0 Å². The van der Waals surface area contributed by atoms with Crippen molar-refractivity contribution in [3.63, 3.8) is 0 Å². The number of carbonyl (C=O) groups excluding carboxylic acids is 1. The van der Waals surface area contributed by atoms with E-state index in [0.29, 0.717) is 17.3 Å². The average Bonchev–Trinajstić information content (AvgIpc) is 2.39. The summed E-state index contributed by atoms with van der Waals surface area (Å²) >= 11 is 0. The molecule has 0 unspecified atom stereocenters. The van der Waals surface area contributed by atoms with Crippen LogP contribution in [0.4, 0.5) is 5.69 Å². The summed E-state index contributed by atoms with van der Waals surface area (Å²) in [6.07, 6.45) is 4.52. The Labute approximate surface area is 104 Å². The number of hydrogen-bond acceptors (Lipinski definition) is 5. The van der Waals surface area contributed by atoms with Crippen LogP contribution in [-0.2, 0) is 0 Å². The summed E-state index contributed by atoms with van der Waals surface area (Å²) < 4.78 is 4.93. The third-order valence-corrected chi connectivity index (χ3v) is 2.19. The van der Waals surface area contributed by atoms with Crippen molar-refractivity contribution in [2.45, 2.75) is 6.92 Å². The van der Waals surface area contributed by atoms with Gasteiger partial charge in [-0.2, -0.15) is 0 Å². The molecule has 18 heavy (non-hydrogen) atoms. The Morgan fingerprint density at radius 1 is 1.28 bits per heavy atom. The highest BCUT2D eigenvalue weighted by Gasteiger charge is 2.08. The molecule has 0 spiro atoms. The van der Waals surface area contributed by atoms with E-state index in [-0.39, 0.29) is 11.6 Å². The molecule has 0 aliphatic rings. The number of rotatable bonds is 3. The first-order valence-corrected chi connectivity index (χ1v) is 5.29. The highest BCUT2D eigenvalue weighted by Crippen LogP contribution is 2.11. The van der Waals surface area contributed by atoms with Crippen molar-refractivity contribution < 1.29 is 9.53 Å². The first kappa shape index (κ1) is 12.0. The van der Waals surface area contributed by atoms with Crippen LogP contribution in [0, 0.1) is 6.92 Å². The number of nitrogens with one attached hydrogen (secondary N) is 1. The molecule has 92 valence electrons. The van der Waals surface area contributed by atoms with Gasteiger partial charge < -0.3 is 10.1 Å². The normalized spacial score (nSPS) is 9.89. The van der Waals surface area contributed by atoms with Crippen molar-refractivity contribution in [1.29, 1.82) is 0 Å². The van der Waals surface area contributed by atoms with Crippen molar-refractivity contribution in [2.75, 3.05) is 12.4 Å². The molecule has 0 bridgehead atoms. The van der Waals surface area contributed by atoms with Gasteiger partial charge in [0.2, 0.25) is 5.88 Å². The van der Waals surface area contributed by atoms with E-state index in [4.69, 9.17) is 4.74 Å². The average molecular weight is 244 g/mol. The third kappa shape index (κ3) is 2.79.